The zero-order chi connectivity index (χ0) is 15.0. The topological polar surface area (TPSA) is 78.8 Å². The lowest BCUT2D eigenvalue weighted by molar-refractivity contribution is -0.383. The normalized spacial score (nSPS) is 11.4. The Morgan fingerprint density at radius 3 is 2.81 bits per heavy atom. The molecule has 0 aliphatic heterocycles. The first-order valence-electron chi connectivity index (χ1n) is 6.69. The van der Waals surface area contributed by atoms with Crippen LogP contribution in [0.15, 0.2) is 36.7 Å². The van der Waals surface area contributed by atoms with E-state index in [9.17, 15) is 10.1 Å². The van der Waals surface area contributed by atoms with Gasteiger partial charge in [0.1, 0.15) is 0 Å². The van der Waals surface area contributed by atoms with Gasteiger partial charge in [0.15, 0.2) is 0 Å². The van der Waals surface area contributed by atoms with Gasteiger partial charge in [-0.1, -0.05) is 6.07 Å². The molecule has 21 heavy (non-hydrogen) atoms. The summed E-state index contributed by atoms with van der Waals surface area (Å²) in [6.07, 6.45) is 3.46. The van der Waals surface area contributed by atoms with Gasteiger partial charge in [0.25, 0.3) is 5.69 Å². The van der Waals surface area contributed by atoms with Crippen molar-refractivity contribution in [1.29, 1.82) is 0 Å². The monoisotopic (exact) mass is 285 g/mol. The zero-order valence-electron chi connectivity index (χ0n) is 11.8. The SMILES string of the molecule is CC(C)n1ccc(Cn2ncc3c([N+](=O)[O-])cccc32)n1. The number of nitrogens with zero attached hydrogens (tertiary/aromatic N) is 5. The fourth-order valence-corrected chi connectivity index (χ4v) is 2.28. The molecule has 0 aliphatic carbocycles. The summed E-state index contributed by atoms with van der Waals surface area (Å²) in [5.74, 6) is 0. The van der Waals surface area contributed by atoms with Gasteiger partial charge in [-0.2, -0.15) is 10.2 Å². The quantitative estimate of drug-likeness (QED) is 0.545. The predicted molar refractivity (Wildman–Crippen MR) is 78.1 cm³/mol. The highest BCUT2D eigenvalue weighted by molar-refractivity contribution is 5.87. The van der Waals surface area contributed by atoms with Crippen molar-refractivity contribution in [1.82, 2.24) is 19.6 Å². The molecule has 0 saturated carbocycles. The molecule has 1 aromatic carbocycles. The third-order valence-corrected chi connectivity index (χ3v) is 3.37. The van der Waals surface area contributed by atoms with Crippen LogP contribution in [0.25, 0.3) is 10.9 Å². The van der Waals surface area contributed by atoms with Crippen molar-refractivity contribution in [3.63, 3.8) is 0 Å². The van der Waals surface area contributed by atoms with Crippen molar-refractivity contribution in [2.75, 3.05) is 0 Å². The van der Waals surface area contributed by atoms with Gasteiger partial charge >= 0.3 is 0 Å². The molecule has 0 radical (unpaired) electrons. The highest BCUT2D eigenvalue weighted by Crippen LogP contribution is 2.25. The first-order chi connectivity index (χ1) is 10.1. The molecule has 2 heterocycles. The van der Waals surface area contributed by atoms with E-state index in [-0.39, 0.29) is 10.6 Å². The highest BCUT2D eigenvalue weighted by atomic mass is 16.6. The van der Waals surface area contributed by atoms with Crippen molar-refractivity contribution >= 4 is 16.6 Å². The molecule has 0 saturated heterocycles. The minimum Gasteiger partial charge on any atom is -0.270 e. The summed E-state index contributed by atoms with van der Waals surface area (Å²) in [5, 5.41) is 20.3. The summed E-state index contributed by atoms with van der Waals surface area (Å²) >= 11 is 0. The van der Waals surface area contributed by atoms with Crippen molar-refractivity contribution < 1.29 is 4.92 Å². The number of hydrogen-bond acceptors (Lipinski definition) is 4. The van der Waals surface area contributed by atoms with Gasteiger partial charge in [0, 0.05) is 18.3 Å². The Morgan fingerprint density at radius 1 is 1.33 bits per heavy atom. The van der Waals surface area contributed by atoms with Gasteiger partial charge in [-0.15, -0.1) is 0 Å². The number of nitro benzene ring substituents is 1. The summed E-state index contributed by atoms with van der Waals surface area (Å²) < 4.78 is 3.61. The molecule has 0 atom stereocenters. The number of benzene rings is 1. The average Bonchev–Trinajstić information content (AvgIpc) is 3.06. The largest absolute Gasteiger partial charge is 0.280 e. The second-order valence-corrected chi connectivity index (χ2v) is 5.15. The molecule has 7 heteroatoms. The van der Waals surface area contributed by atoms with E-state index in [2.05, 4.69) is 24.0 Å². The minimum atomic E-state index is -0.387. The summed E-state index contributed by atoms with van der Waals surface area (Å²) in [4.78, 5) is 10.6. The van der Waals surface area contributed by atoms with Crippen LogP contribution in [-0.2, 0) is 6.54 Å². The molecule has 7 nitrogen and oxygen atoms in total. The van der Waals surface area contributed by atoms with Crippen molar-refractivity contribution in [3.05, 3.63) is 52.5 Å². The fraction of sp³-hybridized carbons (Fsp3) is 0.286. The van der Waals surface area contributed by atoms with Gasteiger partial charge in [-0.25, -0.2) is 0 Å². The van der Waals surface area contributed by atoms with Crippen molar-refractivity contribution in [2.45, 2.75) is 26.4 Å². The van der Waals surface area contributed by atoms with Crippen molar-refractivity contribution in [3.8, 4) is 0 Å². The Bertz CT molecular complexity index is 803. The maximum Gasteiger partial charge on any atom is 0.280 e. The van der Waals surface area contributed by atoms with E-state index in [0.29, 0.717) is 18.0 Å². The van der Waals surface area contributed by atoms with E-state index in [1.807, 2.05) is 23.0 Å². The van der Waals surface area contributed by atoms with E-state index < -0.39 is 0 Å². The average molecular weight is 285 g/mol. The standard InChI is InChI=1S/C14H15N5O2/c1-10(2)17-7-6-11(16-17)9-18-13-4-3-5-14(19(20)21)12(13)8-15-18/h3-8,10H,9H2,1-2H3. The third kappa shape index (κ3) is 2.37. The van der Waals surface area contributed by atoms with E-state index in [4.69, 9.17) is 0 Å². The van der Waals surface area contributed by atoms with Crippen LogP contribution in [0, 0.1) is 10.1 Å². The van der Waals surface area contributed by atoms with Crippen LogP contribution in [0.5, 0.6) is 0 Å². The zero-order valence-corrected chi connectivity index (χ0v) is 11.8. The number of fused-ring (bicyclic) bond motifs is 1. The Labute approximate surface area is 120 Å². The van der Waals surface area contributed by atoms with Crippen LogP contribution >= 0.6 is 0 Å². The number of nitro groups is 1. The lowest BCUT2D eigenvalue weighted by atomic mass is 10.2. The van der Waals surface area contributed by atoms with Crippen LogP contribution in [0.1, 0.15) is 25.6 Å². The molecule has 0 spiro atoms. The maximum atomic E-state index is 11.0. The first-order valence-corrected chi connectivity index (χ1v) is 6.69. The molecule has 2 aromatic heterocycles. The summed E-state index contributed by atoms with van der Waals surface area (Å²) in [7, 11) is 0. The van der Waals surface area contributed by atoms with E-state index in [1.165, 1.54) is 12.3 Å². The van der Waals surface area contributed by atoms with Crippen LogP contribution in [0.2, 0.25) is 0 Å². The lowest BCUT2D eigenvalue weighted by Gasteiger charge is -2.04. The van der Waals surface area contributed by atoms with Crippen molar-refractivity contribution in [2.24, 2.45) is 0 Å². The molecule has 0 fully saturated rings. The number of rotatable bonds is 4. The highest BCUT2D eigenvalue weighted by Gasteiger charge is 2.15. The second-order valence-electron chi connectivity index (χ2n) is 5.15. The predicted octanol–water partition coefficient (Wildman–Crippen LogP) is 2.77. The van der Waals surface area contributed by atoms with Gasteiger partial charge in [-0.3, -0.25) is 19.5 Å². The lowest BCUT2D eigenvalue weighted by Crippen LogP contribution is -2.05. The van der Waals surface area contributed by atoms with E-state index >= 15 is 0 Å². The Kier molecular flexibility index (Phi) is 3.17. The molecule has 0 unspecified atom stereocenters. The van der Waals surface area contributed by atoms with Crippen LogP contribution in [0.3, 0.4) is 0 Å². The molecule has 0 bridgehead atoms. The van der Waals surface area contributed by atoms with E-state index in [0.717, 1.165) is 11.2 Å². The second kappa shape index (κ2) is 5.01. The van der Waals surface area contributed by atoms with Gasteiger partial charge < -0.3 is 0 Å². The molecule has 3 aromatic rings. The molecular formula is C14H15N5O2. The smallest absolute Gasteiger partial charge is 0.270 e. The third-order valence-electron chi connectivity index (χ3n) is 3.37. The van der Waals surface area contributed by atoms with Crippen LogP contribution in [-0.4, -0.2) is 24.5 Å². The molecule has 0 N–H and O–H groups in total. The summed E-state index contributed by atoms with van der Waals surface area (Å²) in [6.45, 7) is 4.61. The van der Waals surface area contributed by atoms with Gasteiger partial charge in [0.05, 0.1) is 34.3 Å². The Balaban J connectivity index is 1.97. The minimum absolute atomic E-state index is 0.0754. The molecule has 0 aliphatic rings. The van der Waals surface area contributed by atoms with Gasteiger partial charge in [-0.05, 0) is 26.0 Å². The number of aromatic nitrogens is 4. The van der Waals surface area contributed by atoms with Crippen LogP contribution < -0.4 is 0 Å². The number of hydrogen-bond donors (Lipinski definition) is 0. The fourth-order valence-electron chi connectivity index (χ4n) is 2.28. The maximum absolute atomic E-state index is 11.0. The molecular weight excluding hydrogens is 270 g/mol. The summed E-state index contributed by atoms with van der Waals surface area (Å²) in [6, 6.07) is 7.22. The Hall–Kier alpha value is -2.70. The molecule has 108 valence electrons. The van der Waals surface area contributed by atoms with E-state index in [1.54, 1.807) is 10.7 Å². The number of non-ortho nitro benzene ring substituents is 1. The molecule has 3 rings (SSSR count). The first kappa shape index (κ1) is 13.3. The summed E-state index contributed by atoms with van der Waals surface area (Å²) in [5.41, 5.74) is 1.69. The van der Waals surface area contributed by atoms with Crippen LogP contribution in [0.4, 0.5) is 5.69 Å². The molecule has 0 amide bonds. The van der Waals surface area contributed by atoms with Gasteiger partial charge in [0.2, 0.25) is 0 Å². The Morgan fingerprint density at radius 2 is 2.14 bits per heavy atom.